The Labute approximate surface area is 135 Å². The number of nitrogens with two attached hydrogens (primary N) is 1. The first-order chi connectivity index (χ1) is 10.4. The highest BCUT2D eigenvalue weighted by Gasteiger charge is 2.49. The standard InChI is InChI=1S/C13H14F3N3O2S2/c1-12(2,19-23(20,21)13(14,15)16)11-18-7-10(22-11)8-3-5-9(17)6-4-8/h3-7,19H,17H2,1-2H3. The van der Waals surface area contributed by atoms with Gasteiger partial charge in [0.05, 0.1) is 10.4 Å². The van der Waals surface area contributed by atoms with Crippen LogP contribution in [0.1, 0.15) is 18.9 Å². The fourth-order valence-corrected chi connectivity index (χ4v) is 3.71. The quantitative estimate of drug-likeness (QED) is 0.816. The molecule has 2 rings (SSSR count). The molecular formula is C13H14F3N3O2S2. The normalized spacial score (nSPS) is 13.3. The molecule has 1 aromatic heterocycles. The van der Waals surface area contributed by atoms with Crippen molar-refractivity contribution in [2.75, 3.05) is 5.73 Å². The van der Waals surface area contributed by atoms with Gasteiger partial charge in [-0.15, -0.1) is 11.3 Å². The van der Waals surface area contributed by atoms with Crippen LogP contribution in [0.25, 0.3) is 10.4 Å². The van der Waals surface area contributed by atoms with Gasteiger partial charge in [-0.25, -0.2) is 13.4 Å². The summed E-state index contributed by atoms with van der Waals surface area (Å²) in [4.78, 5) is 4.74. The Balaban J connectivity index is 2.30. The minimum absolute atomic E-state index is 0.220. The smallest absolute Gasteiger partial charge is 0.399 e. The summed E-state index contributed by atoms with van der Waals surface area (Å²) in [6.45, 7) is 2.64. The first kappa shape index (κ1) is 17.7. The summed E-state index contributed by atoms with van der Waals surface area (Å²) < 4.78 is 61.7. The first-order valence-corrected chi connectivity index (χ1v) is 8.65. The van der Waals surface area contributed by atoms with Crippen LogP contribution in [0.4, 0.5) is 18.9 Å². The van der Waals surface area contributed by atoms with Crippen LogP contribution in [0.5, 0.6) is 0 Å². The van der Waals surface area contributed by atoms with E-state index >= 15 is 0 Å². The lowest BCUT2D eigenvalue weighted by Crippen LogP contribution is -2.46. The molecule has 0 unspecified atom stereocenters. The van der Waals surface area contributed by atoms with Crippen molar-refractivity contribution in [2.45, 2.75) is 24.9 Å². The molecule has 10 heteroatoms. The third-order valence-electron chi connectivity index (χ3n) is 2.93. The number of nitrogens with zero attached hydrogens (tertiary/aromatic N) is 1. The van der Waals surface area contributed by atoms with Gasteiger partial charge in [0.15, 0.2) is 0 Å². The predicted molar refractivity (Wildman–Crippen MR) is 83.1 cm³/mol. The molecule has 0 atom stereocenters. The van der Waals surface area contributed by atoms with E-state index in [4.69, 9.17) is 5.73 Å². The molecule has 5 nitrogen and oxygen atoms in total. The minimum atomic E-state index is -5.46. The fourth-order valence-electron chi connectivity index (χ4n) is 1.78. The largest absolute Gasteiger partial charge is 0.511 e. The van der Waals surface area contributed by atoms with Gasteiger partial charge in [0.2, 0.25) is 0 Å². The average Bonchev–Trinajstić information content (AvgIpc) is 2.87. The zero-order chi connectivity index (χ0) is 17.5. The summed E-state index contributed by atoms with van der Waals surface area (Å²) in [5.74, 6) is 0. The second-order valence-corrected chi connectivity index (χ2v) is 8.03. The van der Waals surface area contributed by atoms with Crippen molar-refractivity contribution >= 4 is 27.0 Å². The highest BCUT2D eigenvalue weighted by atomic mass is 32.2. The van der Waals surface area contributed by atoms with Gasteiger partial charge >= 0.3 is 15.5 Å². The lowest BCUT2D eigenvalue weighted by atomic mass is 10.1. The van der Waals surface area contributed by atoms with Crippen LogP contribution in [0, 0.1) is 0 Å². The van der Waals surface area contributed by atoms with Gasteiger partial charge in [0.25, 0.3) is 0 Å². The van der Waals surface area contributed by atoms with E-state index in [1.54, 1.807) is 29.0 Å². The van der Waals surface area contributed by atoms with E-state index in [1.165, 1.54) is 20.0 Å². The number of nitrogens with one attached hydrogen (secondary N) is 1. The number of thiazole rings is 1. The second-order valence-electron chi connectivity index (χ2n) is 5.33. The van der Waals surface area contributed by atoms with E-state index in [2.05, 4.69) is 4.98 Å². The maximum absolute atomic E-state index is 12.5. The molecule has 0 saturated carbocycles. The maximum atomic E-state index is 12.5. The summed E-state index contributed by atoms with van der Waals surface area (Å²) in [7, 11) is -5.46. The molecule has 23 heavy (non-hydrogen) atoms. The predicted octanol–water partition coefficient (Wildman–Crippen LogP) is 3.07. The SMILES string of the molecule is CC(C)(NS(=O)(=O)C(F)(F)F)c1ncc(-c2ccc(N)cc2)s1. The van der Waals surface area contributed by atoms with Gasteiger partial charge in [-0.3, -0.25) is 0 Å². The molecule has 3 N–H and O–H groups in total. The van der Waals surface area contributed by atoms with E-state index < -0.39 is 21.1 Å². The number of hydrogen-bond acceptors (Lipinski definition) is 5. The van der Waals surface area contributed by atoms with Crippen LogP contribution >= 0.6 is 11.3 Å². The molecule has 0 aliphatic rings. The second kappa shape index (κ2) is 5.77. The van der Waals surface area contributed by atoms with Gasteiger partial charge in [0.1, 0.15) is 5.01 Å². The summed E-state index contributed by atoms with van der Waals surface area (Å²) >= 11 is 1.10. The number of benzene rings is 1. The summed E-state index contributed by atoms with van der Waals surface area (Å²) in [5, 5.41) is 0.220. The number of anilines is 1. The Morgan fingerprint density at radius 1 is 1.17 bits per heavy atom. The van der Waals surface area contributed by atoms with Gasteiger partial charge in [-0.05, 0) is 31.5 Å². The zero-order valence-corrected chi connectivity index (χ0v) is 13.8. The Morgan fingerprint density at radius 2 is 1.74 bits per heavy atom. The van der Waals surface area contributed by atoms with Crippen LogP contribution in [-0.4, -0.2) is 18.9 Å². The van der Waals surface area contributed by atoms with Gasteiger partial charge in [-0.2, -0.15) is 17.9 Å². The Hall–Kier alpha value is -1.65. The number of hydrogen-bond donors (Lipinski definition) is 2. The van der Waals surface area contributed by atoms with Gasteiger partial charge < -0.3 is 5.73 Å². The Morgan fingerprint density at radius 3 is 2.26 bits per heavy atom. The van der Waals surface area contributed by atoms with Crippen molar-refractivity contribution in [1.29, 1.82) is 0 Å². The number of halogens is 3. The summed E-state index contributed by atoms with van der Waals surface area (Å²) in [6.07, 6.45) is 1.48. The molecule has 0 aliphatic heterocycles. The molecule has 0 radical (unpaired) electrons. The van der Waals surface area contributed by atoms with Crippen molar-refractivity contribution in [2.24, 2.45) is 0 Å². The number of nitrogen functional groups attached to an aromatic ring is 1. The molecule has 0 aliphatic carbocycles. The van der Waals surface area contributed by atoms with Gasteiger partial charge in [-0.1, -0.05) is 12.1 Å². The van der Waals surface area contributed by atoms with Crippen molar-refractivity contribution in [3.05, 3.63) is 35.5 Å². The molecule has 0 fully saturated rings. The number of alkyl halides is 3. The summed E-state index contributed by atoms with van der Waals surface area (Å²) in [6, 6.07) is 6.87. The van der Waals surface area contributed by atoms with Crippen molar-refractivity contribution in [3.8, 4) is 10.4 Å². The third kappa shape index (κ3) is 3.82. The van der Waals surface area contributed by atoms with E-state index in [9.17, 15) is 21.6 Å². The molecule has 1 aromatic carbocycles. The molecule has 126 valence electrons. The monoisotopic (exact) mass is 365 g/mol. The minimum Gasteiger partial charge on any atom is -0.399 e. The topological polar surface area (TPSA) is 85.1 Å². The maximum Gasteiger partial charge on any atom is 0.511 e. The molecule has 0 bridgehead atoms. The van der Waals surface area contributed by atoms with Crippen molar-refractivity contribution in [3.63, 3.8) is 0 Å². The highest BCUT2D eigenvalue weighted by molar-refractivity contribution is 7.90. The van der Waals surface area contributed by atoms with Crippen LogP contribution in [0.3, 0.4) is 0 Å². The molecule has 0 spiro atoms. The molecule has 0 saturated heterocycles. The molecule has 1 heterocycles. The van der Waals surface area contributed by atoms with Crippen molar-refractivity contribution < 1.29 is 21.6 Å². The van der Waals surface area contributed by atoms with Crippen LogP contribution in [0.2, 0.25) is 0 Å². The zero-order valence-electron chi connectivity index (χ0n) is 12.2. The molecular weight excluding hydrogens is 351 g/mol. The van der Waals surface area contributed by atoms with E-state index in [0.717, 1.165) is 16.9 Å². The summed E-state index contributed by atoms with van der Waals surface area (Å²) in [5.41, 5.74) is 0.0949. The van der Waals surface area contributed by atoms with Crippen molar-refractivity contribution in [1.82, 2.24) is 9.71 Å². The average molecular weight is 365 g/mol. The van der Waals surface area contributed by atoms with Crippen LogP contribution < -0.4 is 10.5 Å². The Bertz CT molecular complexity index is 797. The number of aromatic nitrogens is 1. The Kier molecular flexibility index (Phi) is 4.44. The van der Waals surface area contributed by atoms with Crippen LogP contribution in [0.15, 0.2) is 30.5 Å². The van der Waals surface area contributed by atoms with E-state index in [-0.39, 0.29) is 5.01 Å². The van der Waals surface area contributed by atoms with E-state index in [1.807, 2.05) is 0 Å². The van der Waals surface area contributed by atoms with E-state index in [0.29, 0.717) is 10.6 Å². The number of rotatable bonds is 4. The number of sulfonamides is 1. The van der Waals surface area contributed by atoms with Crippen LogP contribution in [-0.2, 0) is 15.6 Å². The van der Waals surface area contributed by atoms with Gasteiger partial charge in [0, 0.05) is 11.9 Å². The molecule has 2 aromatic rings. The lowest BCUT2D eigenvalue weighted by Gasteiger charge is -2.24. The third-order valence-corrected chi connectivity index (χ3v) is 5.69. The molecule has 0 amide bonds. The lowest BCUT2D eigenvalue weighted by molar-refractivity contribution is -0.0455. The highest BCUT2D eigenvalue weighted by Crippen LogP contribution is 2.34. The first-order valence-electron chi connectivity index (χ1n) is 6.35. The fraction of sp³-hybridized carbons (Fsp3) is 0.308.